The molecule has 0 amide bonds. The van der Waals surface area contributed by atoms with Gasteiger partial charge in [-0.25, -0.2) is 0 Å². The number of hydrogen-bond acceptors (Lipinski definition) is 6. The lowest BCUT2D eigenvalue weighted by atomic mass is 10.2. The quantitative estimate of drug-likeness (QED) is 0.604. The molecule has 0 N–H and O–H groups in total. The fraction of sp³-hybridized carbons (Fsp3) is 0.400. The highest BCUT2D eigenvalue weighted by Crippen LogP contribution is 2.18. The topological polar surface area (TPSA) is 69.4 Å². The van der Waals surface area contributed by atoms with Gasteiger partial charge in [0.05, 0.1) is 22.6 Å². The molecule has 5 nitrogen and oxygen atoms in total. The summed E-state index contributed by atoms with van der Waals surface area (Å²) < 4.78 is 10.1. The van der Waals surface area contributed by atoms with Crippen molar-refractivity contribution in [1.82, 2.24) is 5.16 Å². The first-order chi connectivity index (χ1) is 9.97. The van der Waals surface area contributed by atoms with E-state index in [-0.39, 0.29) is 25.2 Å². The van der Waals surface area contributed by atoms with Crippen molar-refractivity contribution in [3.63, 3.8) is 0 Å². The molecule has 21 heavy (non-hydrogen) atoms. The third-order valence-electron chi connectivity index (χ3n) is 3.13. The predicted molar refractivity (Wildman–Crippen MR) is 78.4 cm³/mol. The fourth-order valence-electron chi connectivity index (χ4n) is 1.86. The van der Waals surface area contributed by atoms with Crippen LogP contribution in [0, 0.1) is 20.8 Å². The number of thiophene rings is 1. The maximum atomic E-state index is 11.9. The lowest BCUT2D eigenvalue weighted by Gasteiger charge is -2.03. The summed E-state index contributed by atoms with van der Waals surface area (Å²) in [7, 11) is 0. The summed E-state index contributed by atoms with van der Waals surface area (Å²) in [4.78, 5) is 25.3. The van der Waals surface area contributed by atoms with Gasteiger partial charge in [0.2, 0.25) is 0 Å². The molecule has 0 bridgehead atoms. The van der Waals surface area contributed by atoms with Crippen molar-refractivity contribution in [2.45, 2.75) is 40.2 Å². The Morgan fingerprint density at radius 3 is 2.57 bits per heavy atom. The van der Waals surface area contributed by atoms with Crippen LogP contribution in [0.15, 0.2) is 16.7 Å². The first-order valence-corrected chi connectivity index (χ1v) is 7.46. The van der Waals surface area contributed by atoms with Gasteiger partial charge in [0.15, 0.2) is 5.78 Å². The average molecular weight is 307 g/mol. The number of carbonyl (C=O) groups is 2. The van der Waals surface area contributed by atoms with E-state index in [0.29, 0.717) is 16.3 Å². The van der Waals surface area contributed by atoms with Crippen molar-refractivity contribution in [2.24, 2.45) is 0 Å². The first kappa shape index (κ1) is 15.4. The highest BCUT2D eigenvalue weighted by atomic mass is 32.1. The number of nitrogens with zero attached hydrogens (tertiary/aromatic N) is 1. The predicted octanol–water partition coefficient (Wildman–Crippen LogP) is 3.37. The molecule has 0 radical (unpaired) electrons. The molecule has 2 rings (SSSR count). The maximum absolute atomic E-state index is 11.9. The van der Waals surface area contributed by atoms with Crippen LogP contribution in [-0.4, -0.2) is 16.9 Å². The number of ether oxygens (including phenoxy) is 1. The molecule has 0 aliphatic heterocycles. The number of esters is 1. The van der Waals surface area contributed by atoms with Gasteiger partial charge in [-0.1, -0.05) is 5.16 Å². The van der Waals surface area contributed by atoms with Crippen molar-refractivity contribution in [1.29, 1.82) is 0 Å². The van der Waals surface area contributed by atoms with Crippen LogP contribution in [0.4, 0.5) is 0 Å². The second kappa shape index (κ2) is 6.67. The van der Waals surface area contributed by atoms with E-state index in [4.69, 9.17) is 9.26 Å². The van der Waals surface area contributed by atoms with Crippen molar-refractivity contribution in [2.75, 3.05) is 0 Å². The maximum Gasteiger partial charge on any atom is 0.306 e. The van der Waals surface area contributed by atoms with Gasteiger partial charge in [0.1, 0.15) is 12.4 Å². The zero-order valence-corrected chi connectivity index (χ0v) is 13.1. The van der Waals surface area contributed by atoms with Gasteiger partial charge in [0, 0.05) is 11.3 Å². The Bertz CT molecular complexity index is 637. The molecule has 112 valence electrons. The van der Waals surface area contributed by atoms with Crippen molar-refractivity contribution in [3.05, 3.63) is 38.9 Å². The Morgan fingerprint density at radius 2 is 2.00 bits per heavy atom. The Hall–Kier alpha value is -1.95. The number of aryl methyl sites for hydroxylation is 3. The Morgan fingerprint density at radius 1 is 1.24 bits per heavy atom. The van der Waals surface area contributed by atoms with Gasteiger partial charge in [-0.15, -0.1) is 11.3 Å². The minimum atomic E-state index is -0.392. The van der Waals surface area contributed by atoms with E-state index in [1.165, 1.54) is 11.3 Å². The molecule has 2 aromatic heterocycles. The van der Waals surface area contributed by atoms with E-state index in [1.54, 1.807) is 19.9 Å². The van der Waals surface area contributed by atoms with Crippen LogP contribution in [0.2, 0.25) is 0 Å². The molecule has 0 fully saturated rings. The van der Waals surface area contributed by atoms with Gasteiger partial charge in [-0.05, 0) is 32.9 Å². The summed E-state index contributed by atoms with van der Waals surface area (Å²) in [5.41, 5.74) is 1.49. The summed E-state index contributed by atoms with van der Waals surface area (Å²) in [6.07, 6.45) is 0.250. The van der Waals surface area contributed by atoms with Crippen LogP contribution in [0.3, 0.4) is 0 Å². The van der Waals surface area contributed by atoms with Crippen LogP contribution in [0.5, 0.6) is 0 Å². The van der Waals surface area contributed by atoms with Gasteiger partial charge in [-0.2, -0.15) is 0 Å². The van der Waals surface area contributed by atoms with Crippen molar-refractivity contribution >= 4 is 23.1 Å². The molecule has 0 saturated heterocycles. The minimum Gasteiger partial charge on any atom is -0.461 e. The first-order valence-electron chi connectivity index (χ1n) is 6.64. The molecule has 0 aromatic carbocycles. The smallest absolute Gasteiger partial charge is 0.306 e. The number of ketones is 1. The standard InChI is InChI=1S/C15H17NO4S/c1-9-4-6-14(21-9)13(17)5-7-15(18)19-8-12-10(2)16-20-11(12)3/h4,6H,5,7-8H2,1-3H3. The van der Waals surface area contributed by atoms with E-state index in [9.17, 15) is 9.59 Å². The molecular weight excluding hydrogens is 290 g/mol. The summed E-state index contributed by atoms with van der Waals surface area (Å²) in [5.74, 6) is 0.226. The molecular formula is C15H17NO4S. The minimum absolute atomic E-state index is 0.0256. The molecule has 0 aliphatic rings. The summed E-state index contributed by atoms with van der Waals surface area (Å²) in [6.45, 7) is 5.64. The summed E-state index contributed by atoms with van der Waals surface area (Å²) in [6, 6.07) is 3.69. The number of Topliss-reactive ketones (excluding diaryl/α,β-unsaturated/α-hetero) is 1. The van der Waals surface area contributed by atoms with Crippen LogP contribution < -0.4 is 0 Å². The highest BCUT2D eigenvalue weighted by Gasteiger charge is 2.14. The van der Waals surface area contributed by atoms with Crippen molar-refractivity contribution < 1.29 is 18.8 Å². The number of carbonyl (C=O) groups excluding carboxylic acids is 2. The molecule has 0 saturated carbocycles. The highest BCUT2D eigenvalue weighted by molar-refractivity contribution is 7.14. The normalized spacial score (nSPS) is 10.6. The number of aromatic nitrogens is 1. The fourth-order valence-corrected chi connectivity index (χ4v) is 2.69. The SMILES string of the molecule is Cc1ccc(C(=O)CCC(=O)OCc2c(C)noc2C)s1. The van der Waals surface area contributed by atoms with E-state index in [1.807, 2.05) is 13.0 Å². The van der Waals surface area contributed by atoms with Crippen LogP contribution in [-0.2, 0) is 16.1 Å². The molecule has 6 heteroatoms. The Labute approximate surface area is 126 Å². The monoisotopic (exact) mass is 307 g/mol. The second-order valence-corrected chi connectivity index (χ2v) is 6.08. The molecule has 0 atom stereocenters. The molecule has 0 aliphatic carbocycles. The Balaban J connectivity index is 1.79. The third kappa shape index (κ3) is 4.01. The summed E-state index contributed by atoms with van der Waals surface area (Å²) in [5, 5.41) is 3.79. The van der Waals surface area contributed by atoms with Gasteiger partial charge < -0.3 is 9.26 Å². The lowest BCUT2D eigenvalue weighted by molar-refractivity contribution is -0.144. The van der Waals surface area contributed by atoms with E-state index in [2.05, 4.69) is 5.16 Å². The molecule has 2 heterocycles. The van der Waals surface area contributed by atoms with Gasteiger partial charge in [-0.3, -0.25) is 9.59 Å². The van der Waals surface area contributed by atoms with Gasteiger partial charge >= 0.3 is 5.97 Å². The third-order valence-corrected chi connectivity index (χ3v) is 4.17. The largest absolute Gasteiger partial charge is 0.461 e. The van der Waals surface area contributed by atoms with E-state index >= 15 is 0 Å². The Kier molecular flexibility index (Phi) is 4.90. The lowest BCUT2D eigenvalue weighted by Crippen LogP contribution is -2.08. The zero-order chi connectivity index (χ0) is 15.4. The second-order valence-electron chi connectivity index (χ2n) is 4.80. The molecule has 2 aromatic rings. The van der Waals surface area contributed by atoms with Crippen LogP contribution >= 0.6 is 11.3 Å². The van der Waals surface area contributed by atoms with Crippen molar-refractivity contribution in [3.8, 4) is 0 Å². The zero-order valence-electron chi connectivity index (χ0n) is 12.3. The molecule has 0 unspecified atom stereocenters. The number of rotatable bonds is 6. The van der Waals surface area contributed by atoms with Crippen LogP contribution in [0.25, 0.3) is 0 Å². The average Bonchev–Trinajstić information content (AvgIpc) is 3.01. The summed E-state index contributed by atoms with van der Waals surface area (Å²) >= 11 is 1.44. The van der Waals surface area contributed by atoms with Crippen LogP contribution in [0.1, 0.15) is 44.4 Å². The van der Waals surface area contributed by atoms with E-state index in [0.717, 1.165) is 10.4 Å². The number of hydrogen-bond donors (Lipinski definition) is 0. The molecule has 0 spiro atoms. The van der Waals surface area contributed by atoms with Gasteiger partial charge in [0.25, 0.3) is 0 Å². The van der Waals surface area contributed by atoms with E-state index < -0.39 is 5.97 Å².